The number of rotatable bonds is 3. The fourth-order valence-corrected chi connectivity index (χ4v) is 3.94. The first kappa shape index (κ1) is 15.5. The van der Waals surface area contributed by atoms with Crippen molar-refractivity contribution in [3.8, 4) is 28.3 Å². The zero-order valence-electron chi connectivity index (χ0n) is 13.7. The molecule has 124 valence electrons. The lowest BCUT2D eigenvalue weighted by molar-refractivity contribution is 0.415. The predicted molar refractivity (Wildman–Crippen MR) is 100 cm³/mol. The Hall–Kier alpha value is -2.99. The van der Waals surface area contributed by atoms with Crippen LogP contribution in [0.2, 0.25) is 0 Å². The van der Waals surface area contributed by atoms with Crippen molar-refractivity contribution < 1.29 is 4.74 Å². The minimum Gasteiger partial charge on any atom is -0.497 e. The van der Waals surface area contributed by atoms with Crippen LogP contribution in [0.1, 0.15) is 4.88 Å². The topological polar surface area (TPSA) is 67.9 Å². The van der Waals surface area contributed by atoms with Crippen LogP contribution in [0.25, 0.3) is 32.7 Å². The van der Waals surface area contributed by atoms with Gasteiger partial charge in [0.15, 0.2) is 0 Å². The molecule has 0 saturated carbocycles. The Labute approximate surface area is 148 Å². The van der Waals surface area contributed by atoms with Crippen LogP contribution in [0.4, 0.5) is 0 Å². The number of methoxy groups -OCH3 is 1. The molecule has 0 unspecified atom stereocenters. The molecule has 0 aliphatic rings. The van der Waals surface area contributed by atoms with E-state index in [2.05, 4.69) is 15.0 Å². The molecule has 25 heavy (non-hydrogen) atoms. The molecule has 0 bridgehead atoms. The van der Waals surface area contributed by atoms with Crippen LogP contribution in [0.15, 0.2) is 53.6 Å². The maximum Gasteiger partial charge on any atom is 0.260 e. The van der Waals surface area contributed by atoms with Crippen LogP contribution in [-0.4, -0.2) is 22.1 Å². The molecule has 0 aliphatic carbocycles. The van der Waals surface area contributed by atoms with E-state index >= 15 is 0 Å². The molecule has 1 aromatic carbocycles. The SMILES string of the molecule is COc1cccc(-c2c(C)sc3nc(-c4ccncc4)[nH]c(=O)c23)c1. The molecular weight excluding hydrogens is 334 g/mol. The molecule has 5 nitrogen and oxygen atoms in total. The number of hydrogen-bond acceptors (Lipinski definition) is 5. The molecule has 3 aromatic heterocycles. The van der Waals surface area contributed by atoms with Crippen molar-refractivity contribution in [2.75, 3.05) is 7.11 Å². The highest BCUT2D eigenvalue weighted by atomic mass is 32.1. The van der Waals surface area contributed by atoms with Crippen molar-refractivity contribution in [3.63, 3.8) is 0 Å². The van der Waals surface area contributed by atoms with Gasteiger partial charge < -0.3 is 9.72 Å². The second-order valence-electron chi connectivity index (χ2n) is 5.60. The third-order valence-electron chi connectivity index (χ3n) is 4.05. The van der Waals surface area contributed by atoms with E-state index in [1.807, 2.05) is 43.3 Å². The van der Waals surface area contributed by atoms with Crippen molar-refractivity contribution in [1.29, 1.82) is 0 Å². The van der Waals surface area contributed by atoms with E-state index in [1.54, 1.807) is 19.5 Å². The maximum absolute atomic E-state index is 12.8. The van der Waals surface area contributed by atoms with Gasteiger partial charge in [-0.25, -0.2) is 4.98 Å². The Kier molecular flexibility index (Phi) is 3.82. The summed E-state index contributed by atoms with van der Waals surface area (Å²) in [5, 5.41) is 0.619. The van der Waals surface area contributed by atoms with Crippen molar-refractivity contribution in [2.24, 2.45) is 0 Å². The Morgan fingerprint density at radius 1 is 1.12 bits per heavy atom. The third kappa shape index (κ3) is 2.70. The molecule has 0 amide bonds. The summed E-state index contributed by atoms with van der Waals surface area (Å²) in [4.78, 5) is 26.1. The number of nitrogens with zero attached hydrogens (tertiary/aromatic N) is 2. The second-order valence-corrected chi connectivity index (χ2v) is 6.80. The van der Waals surface area contributed by atoms with Crippen molar-refractivity contribution in [2.45, 2.75) is 6.92 Å². The largest absolute Gasteiger partial charge is 0.497 e. The van der Waals surface area contributed by atoms with Crippen molar-refractivity contribution >= 4 is 21.6 Å². The molecule has 0 saturated heterocycles. The number of H-pyrrole nitrogens is 1. The molecule has 3 heterocycles. The Morgan fingerprint density at radius 3 is 2.68 bits per heavy atom. The number of fused-ring (bicyclic) bond motifs is 1. The fourth-order valence-electron chi connectivity index (χ4n) is 2.89. The van der Waals surface area contributed by atoms with E-state index in [1.165, 1.54) is 11.3 Å². The van der Waals surface area contributed by atoms with E-state index in [-0.39, 0.29) is 5.56 Å². The number of thiophene rings is 1. The van der Waals surface area contributed by atoms with Crippen LogP contribution < -0.4 is 10.3 Å². The quantitative estimate of drug-likeness (QED) is 0.606. The monoisotopic (exact) mass is 349 g/mol. The van der Waals surface area contributed by atoms with Gasteiger partial charge >= 0.3 is 0 Å². The maximum atomic E-state index is 12.8. The smallest absolute Gasteiger partial charge is 0.260 e. The molecule has 0 fully saturated rings. The molecule has 0 radical (unpaired) electrons. The van der Waals surface area contributed by atoms with Gasteiger partial charge in [0.1, 0.15) is 16.4 Å². The summed E-state index contributed by atoms with van der Waals surface area (Å²) in [7, 11) is 1.63. The van der Waals surface area contributed by atoms with Crippen LogP contribution in [0.5, 0.6) is 5.75 Å². The van der Waals surface area contributed by atoms with Crippen molar-refractivity contribution in [1.82, 2.24) is 15.0 Å². The molecule has 6 heteroatoms. The lowest BCUT2D eigenvalue weighted by atomic mass is 10.0. The van der Waals surface area contributed by atoms with Gasteiger partial charge in [-0.1, -0.05) is 12.1 Å². The van der Waals surface area contributed by atoms with Crippen LogP contribution in [0, 0.1) is 6.92 Å². The zero-order chi connectivity index (χ0) is 17.4. The Balaban J connectivity index is 1.96. The number of nitrogens with one attached hydrogen (secondary N) is 1. The normalized spacial score (nSPS) is 11.0. The molecule has 0 aliphatic heterocycles. The van der Waals surface area contributed by atoms with Gasteiger partial charge in [-0.3, -0.25) is 9.78 Å². The number of aromatic amines is 1. The average Bonchev–Trinajstić information content (AvgIpc) is 2.99. The molecule has 0 spiro atoms. The molecule has 1 N–H and O–H groups in total. The summed E-state index contributed by atoms with van der Waals surface area (Å²) in [6.45, 7) is 2.01. The van der Waals surface area contributed by atoms with Gasteiger partial charge in [0.2, 0.25) is 0 Å². The summed E-state index contributed by atoms with van der Waals surface area (Å²) >= 11 is 1.52. The van der Waals surface area contributed by atoms with Crippen LogP contribution >= 0.6 is 11.3 Å². The van der Waals surface area contributed by atoms with E-state index in [0.717, 1.165) is 32.1 Å². The molecule has 4 rings (SSSR count). The number of hydrogen-bond donors (Lipinski definition) is 1. The molecular formula is C19H15N3O2S. The van der Waals surface area contributed by atoms with Crippen LogP contribution in [0.3, 0.4) is 0 Å². The van der Waals surface area contributed by atoms with E-state index in [9.17, 15) is 4.79 Å². The third-order valence-corrected chi connectivity index (χ3v) is 5.05. The van der Waals surface area contributed by atoms with Gasteiger partial charge in [-0.2, -0.15) is 0 Å². The molecule has 4 aromatic rings. The Bertz CT molecular complexity index is 1120. The average molecular weight is 349 g/mol. The number of benzene rings is 1. The lowest BCUT2D eigenvalue weighted by Gasteiger charge is -2.05. The fraction of sp³-hybridized carbons (Fsp3) is 0.105. The standard InChI is InChI=1S/C19H15N3O2S/c1-11-15(13-4-3-5-14(10-13)24-2)16-18(23)21-17(22-19(16)25-11)12-6-8-20-9-7-12/h3-10H,1-2H3,(H,21,22,23). The summed E-state index contributed by atoms with van der Waals surface area (Å²) in [6, 6.07) is 11.4. The van der Waals surface area contributed by atoms with Gasteiger partial charge in [0, 0.05) is 28.4 Å². The number of pyridine rings is 1. The highest BCUT2D eigenvalue weighted by Gasteiger charge is 2.17. The summed E-state index contributed by atoms with van der Waals surface area (Å²) in [6.07, 6.45) is 3.36. The van der Waals surface area contributed by atoms with Gasteiger partial charge in [-0.15, -0.1) is 11.3 Å². The molecule has 0 atom stereocenters. The van der Waals surface area contributed by atoms with E-state index in [4.69, 9.17) is 4.74 Å². The van der Waals surface area contributed by atoms with Crippen LogP contribution in [-0.2, 0) is 0 Å². The van der Waals surface area contributed by atoms with Gasteiger partial charge in [0.05, 0.1) is 12.5 Å². The number of aromatic nitrogens is 3. The van der Waals surface area contributed by atoms with Crippen molar-refractivity contribution in [3.05, 3.63) is 64.0 Å². The Morgan fingerprint density at radius 2 is 1.92 bits per heavy atom. The zero-order valence-corrected chi connectivity index (χ0v) is 14.6. The minimum absolute atomic E-state index is 0.140. The second kappa shape index (κ2) is 6.14. The van der Waals surface area contributed by atoms with Gasteiger partial charge in [-0.05, 0) is 36.8 Å². The lowest BCUT2D eigenvalue weighted by Crippen LogP contribution is -2.09. The highest BCUT2D eigenvalue weighted by Crippen LogP contribution is 2.37. The summed E-state index contributed by atoms with van der Waals surface area (Å²) in [5.74, 6) is 1.31. The van der Waals surface area contributed by atoms with Gasteiger partial charge in [0.25, 0.3) is 5.56 Å². The van der Waals surface area contributed by atoms with E-state index in [0.29, 0.717) is 11.2 Å². The first-order chi connectivity index (χ1) is 12.2. The first-order valence-electron chi connectivity index (χ1n) is 7.75. The predicted octanol–water partition coefficient (Wildman–Crippen LogP) is 4.03. The first-order valence-corrected chi connectivity index (χ1v) is 8.57. The minimum atomic E-state index is -0.140. The summed E-state index contributed by atoms with van der Waals surface area (Å²) < 4.78 is 5.31. The number of aryl methyl sites for hydroxylation is 1. The highest BCUT2D eigenvalue weighted by molar-refractivity contribution is 7.19. The van der Waals surface area contributed by atoms with E-state index < -0.39 is 0 Å². The number of ether oxygens (including phenoxy) is 1. The summed E-state index contributed by atoms with van der Waals surface area (Å²) in [5.41, 5.74) is 2.56.